The van der Waals surface area contributed by atoms with E-state index in [9.17, 15) is 0 Å². The molecule has 0 amide bonds. The maximum absolute atomic E-state index is 2.47. The van der Waals surface area contributed by atoms with Crippen molar-refractivity contribution in [1.82, 2.24) is 0 Å². The van der Waals surface area contributed by atoms with E-state index in [0.717, 1.165) is 0 Å². The molecule has 0 saturated heterocycles. The number of hydrogen-bond donors (Lipinski definition) is 0. The minimum atomic E-state index is 0.534. The van der Waals surface area contributed by atoms with Crippen LogP contribution in [-0.2, 0) is 0 Å². The maximum Gasteiger partial charge on any atom is -0.0354 e. The van der Waals surface area contributed by atoms with Gasteiger partial charge in [0.05, 0.1) is 0 Å². The topological polar surface area (TPSA) is 0 Å². The Morgan fingerprint density at radius 1 is 1.08 bits per heavy atom. The van der Waals surface area contributed by atoms with Crippen molar-refractivity contribution in [3.05, 3.63) is 6.42 Å². The van der Waals surface area contributed by atoms with E-state index < -0.39 is 0 Å². The van der Waals surface area contributed by atoms with Crippen LogP contribution in [0, 0.1) is 11.8 Å². The van der Waals surface area contributed by atoms with Crippen molar-refractivity contribution in [2.75, 3.05) is 0 Å². The zero-order valence-electron chi connectivity index (χ0n) is 9.32. The van der Waals surface area contributed by atoms with Crippen LogP contribution in [0.3, 0.4) is 0 Å². The molecular weight excluding hydrogens is 144 g/mol. The summed E-state index contributed by atoms with van der Waals surface area (Å²) in [6, 6.07) is 0. The quantitative estimate of drug-likeness (QED) is 0.489. The Bertz CT molecular complexity index is 92.2. The Kier molecular flexibility index (Phi) is 6.51. The minimum Gasteiger partial charge on any atom is -0.0654 e. The lowest BCUT2D eigenvalue weighted by Crippen LogP contribution is -2.09. The summed E-state index contributed by atoms with van der Waals surface area (Å²) in [5, 5.41) is 0. The van der Waals surface area contributed by atoms with Crippen LogP contribution in [0.1, 0.15) is 66.2 Å². The van der Waals surface area contributed by atoms with Crippen molar-refractivity contribution in [2.45, 2.75) is 66.2 Å². The Labute approximate surface area is 78.8 Å². The van der Waals surface area contributed by atoms with Gasteiger partial charge in [-0.05, 0) is 18.3 Å². The molecule has 0 saturated carbocycles. The fourth-order valence-corrected chi connectivity index (χ4v) is 1.18. The minimum absolute atomic E-state index is 0.534. The van der Waals surface area contributed by atoms with E-state index in [0.29, 0.717) is 5.41 Å². The smallest absolute Gasteiger partial charge is 0.0354 e. The first kappa shape index (κ1) is 12.0. The molecule has 0 aliphatic heterocycles. The normalized spacial score (nSPS) is 12.0. The Balaban J connectivity index is 3.19. The van der Waals surface area contributed by atoms with E-state index in [1.807, 2.05) is 0 Å². The van der Waals surface area contributed by atoms with Gasteiger partial charge in [0.25, 0.3) is 0 Å². The van der Waals surface area contributed by atoms with Crippen molar-refractivity contribution >= 4 is 0 Å². The summed E-state index contributed by atoms with van der Waals surface area (Å²) in [5.41, 5.74) is 0.534. The average Bonchev–Trinajstić information content (AvgIpc) is 2.04. The van der Waals surface area contributed by atoms with Crippen LogP contribution < -0.4 is 0 Å². The summed E-state index contributed by atoms with van der Waals surface area (Å²) in [6.45, 7) is 9.24. The van der Waals surface area contributed by atoms with Crippen LogP contribution in [0.2, 0.25) is 0 Å². The molecule has 0 fully saturated rings. The van der Waals surface area contributed by atoms with Crippen molar-refractivity contribution in [3.63, 3.8) is 0 Å². The van der Waals surface area contributed by atoms with Gasteiger partial charge in [0.2, 0.25) is 0 Å². The molecular formula is C12H25. The first-order valence-corrected chi connectivity index (χ1v) is 5.44. The van der Waals surface area contributed by atoms with Gasteiger partial charge in [-0.15, -0.1) is 0 Å². The zero-order chi connectivity index (χ0) is 9.45. The maximum atomic E-state index is 2.47. The SMILES string of the molecule is CCCCC[CH]CC(C)(C)CC. The van der Waals surface area contributed by atoms with Crippen molar-refractivity contribution in [2.24, 2.45) is 5.41 Å². The van der Waals surface area contributed by atoms with Crippen LogP contribution in [-0.4, -0.2) is 0 Å². The average molecular weight is 169 g/mol. The molecule has 0 aromatic carbocycles. The van der Waals surface area contributed by atoms with Gasteiger partial charge in [-0.1, -0.05) is 59.8 Å². The van der Waals surface area contributed by atoms with E-state index in [4.69, 9.17) is 0 Å². The molecule has 0 heterocycles. The fourth-order valence-electron chi connectivity index (χ4n) is 1.18. The molecule has 0 aromatic rings. The summed E-state index contributed by atoms with van der Waals surface area (Å²) < 4.78 is 0. The van der Waals surface area contributed by atoms with Crippen molar-refractivity contribution in [3.8, 4) is 0 Å². The zero-order valence-corrected chi connectivity index (χ0v) is 9.32. The molecule has 12 heavy (non-hydrogen) atoms. The third-order valence-corrected chi connectivity index (χ3v) is 2.67. The highest BCUT2D eigenvalue weighted by atomic mass is 14.2. The molecule has 1 radical (unpaired) electrons. The summed E-state index contributed by atoms with van der Waals surface area (Å²) in [6.07, 6.45) is 10.5. The molecule has 0 aromatic heterocycles. The summed E-state index contributed by atoms with van der Waals surface area (Å²) >= 11 is 0. The van der Waals surface area contributed by atoms with Gasteiger partial charge in [-0.2, -0.15) is 0 Å². The molecule has 0 nitrogen and oxygen atoms in total. The third-order valence-electron chi connectivity index (χ3n) is 2.67. The third kappa shape index (κ3) is 6.69. The molecule has 73 valence electrons. The van der Waals surface area contributed by atoms with Gasteiger partial charge in [0.15, 0.2) is 0 Å². The lowest BCUT2D eigenvalue weighted by atomic mass is 9.84. The van der Waals surface area contributed by atoms with Gasteiger partial charge >= 0.3 is 0 Å². The highest BCUT2D eigenvalue weighted by Crippen LogP contribution is 2.26. The molecule has 0 N–H and O–H groups in total. The number of hydrogen-bond acceptors (Lipinski definition) is 0. The van der Waals surface area contributed by atoms with Crippen molar-refractivity contribution < 1.29 is 0 Å². The molecule has 0 aliphatic carbocycles. The summed E-state index contributed by atoms with van der Waals surface area (Å²) in [4.78, 5) is 0. The molecule has 0 bridgehead atoms. The van der Waals surface area contributed by atoms with Gasteiger partial charge < -0.3 is 0 Å². The highest BCUT2D eigenvalue weighted by Gasteiger charge is 2.13. The molecule has 0 rings (SSSR count). The molecule has 0 aliphatic rings. The Hall–Kier alpha value is 0. The second-order valence-electron chi connectivity index (χ2n) is 4.51. The van der Waals surface area contributed by atoms with E-state index in [1.165, 1.54) is 38.5 Å². The van der Waals surface area contributed by atoms with Crippen LogP contribution in [0.4, 0.5) is 0 Å². The first-order valence-electron chi connectivity index (χ1n) is 5.44. The molecule has 0 unspecified atom stereocenters. The summed E-state index contributed by atoms with van der Waals surface area (Å²) in [7, 11) is 0. The monoisotopic (exact) mass is 169 g/mol. The van der Waals surface area contributed by atoms with Gasteiger partial charge in [-0.25, -0.2) is 0 Å². The highest BCUT2D eigenvalue weighted by molar-refractivity contribution is 4.76. The van der Waals surface area contributed by atoms with Gasteiger partial charge in [0.1, 0.15) is 0 Å². The van der Waals surface area contributed by atoms with E-state index >= 15 is 0 Å². The predicted octanol–water partition coefficient (Wildman–Crippen LogP) is 4.60. The number of rotatable bonds is 7. The second kappa shape index (κ2) is 6.51. The van der Waals surface area contributed by atoms with Crippen molar-refractivity contribution in [1.29, 1.82) is 0 Å². The number of unbranched alkanes of at least 4 members (excludes halogenated alkanes) is 4. The second-order valence-corrected chi connectivity index (χ2v) is 4.51. The molecule has 0 spiro atoms. The van der Waals surface area contributed by atoms with Crippen LogP contribution >= 0.6 is 0 Å². The van der Waals surface area contributed by atoms with Gasteiger partial charge in [-0.3, -0.25) is 0 Å². The molecule has 0 heteroatoms. The lowest BCUT2D eigenvalue weighted by molar-refractivity contribution is 0.340. The van der Waals surface area contributed by atoms with E-state index in [-0.39, 0.29) is 0 Å². The Morgan fingerprint density at radius 3 is 2.25 bits per heavy atom. The fraction of sp³-hybridized carbons (Fsp3) is 0.917. The first-order chi connectivity index (χ1) is 5.62. The molecule has 0 atom stereocenters. The largest absolute Gasteiger partial charge is 0.0654 e. The predicted molar refractivity (Wildman–Crippen MR) is 57.1 cm³/mol. The van der Waals surface area contributed by atoms with Crippen LogP contribution in [0.5, 0.6) is 0 Å². The van der Waals surface area contributed by atoms with E-state index in [1.54, 1.807) is 0 Å². The van der Waals surface area contributed by atoms with Crippen LogP contribution in [0.15, 0.2) is 0 Å². The van der Waals surface area contributed by atoms with E-state index in [2.05, 4.69) is 34.1 Å². The summed E-state index contributed by atoms with van der Waals surface area (Å²) in [5.74, 6) is 0. The Morgan fingerprint density at radius 2 is 1.75 bits per heavy atom. The lowest BCUT2D eigenvalue weighted by Gasteiger charge is -2.21. The van der Waals surface area contributed by atoms with Crippen LogP contribution in [0.25, 0.3) is 0 Å². The van der Waals surface area contributed by atoms with Gasteiger partial charge in [0, 0.05) is 0 Å². The standard InChI is InChI=1S/C12H25/c1-5-7-8-9-10-11-12(3,4)6-2/h10H,5-9,11H2,1-4H3.